The molecule has 23 heavy (non-hydrogen) atoms. The lowest BCUT2D eigenvalue weighted by Gasteiger charge is -2.11. The summed E-state index contributed by atoms with van der Waals surface area (Å²) >= 11 is 3.38. The van der Waals surface area contributed by atoms with Crippen LogP contribution in [-0.2, 0) is 6.54 Å². The number of aromatic amines is 1. The number of aromatic nitrogens is 2. The third-order valence-electron chi connectivity index (χ3n) is 3.60. The largest absolute Gasteiger partial charge is 0.446 e. The van der Waals surface area contributed by atoms with Gasteiger partial charge in [0.2, 0.25) is 5.76 Å². The van der Waals surface area contributed by atoms with Crippen LogP contribution in [-0.4, -0.2) is 35.1 Å². The molecule has 8 heteroatoms. The van der Waals surface area contributed by atoms with Crippen molar-refractivity contribution in [2.45, 2.75) is 6.54 Å². The number of hydrogen-bond acceptors (Lipinski definition) is 5. The fraction of sp³-hybridized carbons (Fsp3) is 0.267. The maximum atomic E-state index is 12.6. The maximum Gasteiger partial charge on any atom is 0.328 e. The van der Waals surface area contributed by atoms with E-state index in [9.17, 15) is 9.59 Å². The Kier molecular flexibility index (Phi) is 3.83. The van der Waals surface area contributed by atoms with E-state index in [0.717, 1.165) is 4.57 Å². The fourth-order valence-corrected chi connectivity index (χ4v) is 3.02. The molecular formula is C15H13BrN4O3. The predicted octanol–water partition coefficient (Wildman–Crippen LogP) is 1.63. The van der Waals surface area contributed by atoms with Crippen molar-refractivity contribution < 1.29 is 4.42 Å². The Hall–Kier alpha value is -2.37. The van der Waals surface area contributed by atoms with E-state index in [4.69, 9.17) is 9.68 Å². The second-order valence-corrected chi connectivity index (χ2v) is 6.23. The minimum Gasteiger partial charge on any atom is -0.446 e. The molecule has 2 aromatic heterocycles. The van der Waals surface area contributed by atoms with Crippen molar-refractivity contribution in [2.24, 2.45) is 0 Å². The second kappa shape index (κ2) is 5.68. The topological polar surface area (TPSA) is 95.0 Å². The molecule has 118 valence electrons. The highest BCUT2D eigenvalue weighted by Gasteiger charge is 2.16. The van der Waals surface area contributed by atoms with Gasteiger partial charge in [0.15, 0.2) is 0 Å². The standard InChI is InChI=1S/C15H13BrN4O3/c1-19(2)3-4-20-14(21)10-6-11-9(5-8(7-17)23-11)12(16)13(10)18-15(20)22/h5-6H,3-4H2,1-2H3,(H,18,22). The number of fused-ring (bicyclic) bond motifs is 2. The summed E-state index contributed by atoms with van der Waals surface area (Å²) in [5, 5.41) is 9.91. The van der Waals surface area contributed by atoms with E-state index in [-0.39, 0.29) is 17.9 Å². The van der Waals surface area contributed by atoms with Gasteiger partial charge in [-0.15, -0.1) is 0 Å². The molecule has 3 aromatic rings. The van der Waals surface area contributed by atoms with Gasteiger partial charge in [0.25, 0.3) is 5.56 Å². The van der Waals surface area contributed by atoms with Crippen molar-refractivity contribution in [1.29, 1.82) is 5.26 Å². The third-order valence-corrected chi connectivity index (χ3v) is 4.42. The summed E-state index contributed by atoms with van der Waals surface area (Å²) in [6.45, 7) is 0.853. The quantitative estimate of drug-likeness (QED) is 0.749. The molecule has 0 atom stereocenters. The summed E-state index contributed by atoms with van der Waals surface area (Å²) in [6.07, 6.45) is 0. The van der Waals surface area contributed by atoms with Gasteiger partial charge in [-0.25, -0.2) is 4.79 Å². The van der Waals surface area contributed by atoms with E-state index >= 15 is 0 Å². The van der Waals surface area contributed by atoms with Gasteiger partial charge in [-0.3, -0.25) is 9.36 Å². The Balaban J connectivity index is 2.33. The zero-order valence-electron chi connectivity index (χ0n) is 12.5. The first-order valence-corrected chi connectivity index (χ1v) is 7.65. The number of benzene rings is 1. The molecule has 1 aromatic carbocycles. The van der Waals surface area contributed by atoms with Crippen LogP contribution in [0.1, 0.15) is 5.76 Å². The van der Waals surface area contributed by atoms with Crippen LogP contribution in [0.3, 0.4) is 0 Å². The number of nitriles is 1. The van der Waals surface area contributed by atoms with Gasteiger partial charge in [0, 0.05) is 24.5 Å². The van der Waals surface area contributed by atoms with Crippen LogP contribution in [0, 0.1) is 11.3 Å². The molecular weight excluding hydrogens is 364 g/mol. The van der Waals surface area contributed by atoms with Gasteiger partial charge < -0.3 is 14.3 Å². The summed E-state index contributed by atoms with van der Waals surface area (Å²) < 4.78 is 7.08. The molecule has 0 unspecified atom stereocenters. The molecule has 3 rings (SSSR count). The average Bonchev–Trinajstić information content (AvgIpc) is 2.92. The van der Waals surface area contributed by atoms with Crippen LogP contribution in [0.25, 0.3) is 21.9 Å². The van der Waals surface area contributed by atoms with E-state index in [1.54, 1.807) is 12.1 Å². The van der Waals surface area contributed by atoms with Gasteiger partial charge >= 0.3 is 5.69 Å². The van der Waals surface area contributed by atoms with Crippen LogP contribution >= 0.6 is 15.9 Å². The molecule has 0 aliphatic heterocycles. The number of hydrogen-bond donors (Lipinski definition) is 1. The van der Waals surface area contributed by atoms with Gasteiger partial charge in [-0.05, 0) is 36.1 Å². The highest BCUT2D eigenvalue weighted by atomic mass is 79.9. The molecule has 0 aliphatic rings. The molecule has 0 radical (unpaired) electrons. The molecule has 0 saturated carbocycles. The first-order chi connectivity index (χ1) is 10.9. The van der Waals surface area contributed by atoms with Crippen molar-refractivity contribution in [3.8, 4) is 6.07 Å². The molecule has 0 saturated heterocycles. The van der Waals surface area contributed by atoms with Crippen LogP contribution in [0.2, 0.25) is 0 Å². The number of halogens is 1. The van der Waals surface area contributed by atoms with E-state index in [1.165, 1.54) is 0 Å². The SMILES string of the molecule is CN(C)CCn1c(=O)[nH]c2c(Br)c3cc(C#N)oc3cc2c1=O. The highest BCUT2D eigenvalue weighted by molar-refractivity contribution is 9.10. The number of nitrogens with one attached hydrogen (secondary N) is 1. The van der Waals surface area contributed by atoms with Gasteiger partial charge in [0.05, 0.1) is 15.4 Å². The monoisotopic (exact) mass is 376 g/mol. The average molecular weight is 377 g/mol. The van der Waals surface area contributed by atoms with Crippen LogP contribution in [0.5, 0.6) is 0 Å². The minimum atomic E-state index is -0.464. The first-order valence-electron chi connectivity index (χ1n) is 6.86. The summed E-state index contributed by atoms with van der Waals surface area (Å²) in [4.78, 5) is 29.5. The second-order valence-electron chi connectivity index (χ2n) is 5.44. The van der Waals surface area contributed by atoms with Gasteiger partial charge in [0.1, 0.15) is 11.7 Å². The lowest BCUT2D eigenvalue weighted by Crippen LogP contribution is -2.37. The number of nitrogens with zero attached hydrogens (tertiary/aromatic N) is 3. The molecule has 0 aliphatic carbocycles. The zero-order chi connectivity index (χ0) is 16.7. The van der Waals surface area contributed by atoms with Crippen molar-refractivity contribution >= 4 is 37.8 Å². The third kappa shape index (κ3) is 2.58. The van der Waals surface area contributed by atoms with Crippen LogP contribution in [0.4, 0.5) is 0 Å². The Bertz CT molecular complexity index is 1070. The zero-order valence-corrected chi connectivity index (χ0v) is 14.1. The molecule has 0 amide bonds. The van der Waals surface area contributed by atoms with Crippen molar-refractivity contribution in [2.75, 3.05) is 20.6 Å². The van der Waals surface area contributed by atoms with Crippen LogP contribution in [0.15, 0.2) is 30.6 Å². The summed E-state index contributed by atoms with van der Waals surface area (Å²) in [7, 11) is 3.74. The molecule has 0 fully saturated rings. The molecule has 2 heterocycles. The summed E-state index contributed by atoms with van der Waals surface area (Å²) in [5.41, 5.74) is -0.0281. The van der Waals surface area contributed by atoms with Crippen molar-refractivity contribution in [3.05, 3.63) is 43.2 Å². The molecule has 0 spiro atoms. The first kappa shape index (κ1) is 15.5. The fourth-order valence-electron chi connectivity index (χ4n) is 2.40. The summed E-state index contributed by atoms with van der Waals surface area (Å²) in [6, 6.07) is 5.04. The highest BCUT2D eigenvalue weighted by Crippen LogP contribution is 2.31. The smallest absolute Gasteiger partial charge is 0.328 e. The number of H-pyrrole nitrogens is 1. The summed E-state index contributed by atoms with van der Waals surface area (Å²) in [5.74, 6) is 0.145. The van der Waals surface area contributed by atoms with E-state index in [1.807, 2.05) is 25.1 Å². The van der Waals surface area contributed by atoms with E-state index < -0.39 is 5.69 Å². The maximum absolute atomic E-state index is 12.6. The lowest BCUT2D eigenvalue weighted by atomic mass is 10.2. The lowest BCUT2D eigenvalue weighted by molar-refractivity contribution is 0.377. The van der Waals surface area contributed by atoms with Gasteiger partial charge in [-0.2, -0.15) is 5.26 Å². The van der Waals surface area contributed by atoms with Crippen molar-refractivity contribution in [3.63, 3.8) is 0 Å². The predicted molar refractivity (Wildman–Crippen MR) is 89.6 cm³/mol. The van der Waals surface area contributed by atoms with Crippen molar-refractivity contribution in [1.82, 2.24) is 14.5 Å². The Morgan fingerprint density at radius 3 is 2.74 bits per heavy atom. The van der Waals surface area contributed by atoms with E-state index in [0.29, 0.717) is 32.9 Å². The molecule has 7 nitrogen and oxygen atoms in total. The molecule has 0 bridgehead atoms. The molecule has 1 N–H and O–H groups in total. The van der Waals surface area contributed by atoms with Gasteiger partial charge in [-0.1, -0.05) is 0 Å². The minimum absolute atomic E-state index is 0.145. The number of likely N-dealkylation sites (N-methyl/N-ethyl adjacent to an activating group) is 1. The number of rotatable bonds is 3. The van der Waals surface area contributed by atoms with Crippen LogP contribution < -0.4 is 11.2 Å². The normalized spacial score (nSPS) is 11.4. The number of furan rings is 1. The Labute approximate surface area is 138 Å². The van der Waals surface area contributed by atoms with E-state index in [2.05, 4.69) is 20.9 Å². The Morgan fingerprint density at radius 2 is 2.09 bits per heavy atom. The Morgan fingerprint density at radius 1 is 1.35 bits per heavy atom.